The van der Waals surface area contributed by atoms with E-state index >= 15 is 0 Å². The standard InChI is InChI=1S/C23H22F2N6/c1-15-8-22(31-23(29-15)27-14-28-31)17-5-3-7-30(12-17)13-19-20(24)9-18(10-21(19)25)16-4-2-6-26-11-16/h2,4,6,8-11,14,17H,3,5,7,12-13H2,1H3. The first kappa shape index (κ1) is 19.7. The van der Waals surface area contributed by atoms with Gasteiger partial charge in [-0.1, -0.05) is 6.07 Å². The highest BCUT2D eigenvalue weighted by Gasteiger charge is 2.26. The summed E-state index contributed by atoms with van der Waals surface area (Å²) in [4.78, 5) is 14.7. The summed E-state index contributed by atoms with van der Waals surface area (Å²) in [5.74, 6) is -0.283. The molecule has 1 aliphatic heterocycles. The first-order chi connectivity index (χ1) is 15.1. The van der Waals surface area contributed by atoms with Crippen LogP contribution in [0.5, 0.6) is 0 Å². The molecule has 1 unspecified atom stereocenters. The number of piperidine rings is 1. The SMILES string of the molecule is Cc1cc(C2CCCN(Cc3c(F)cc(-c4cccnc4)cc3F)C2)n2ncnc2n1. The van der Waals surface area contributed by atoms with Crippen LogP contribution in [0.4, 0.5) is 8.78 Å². The number of aryl methyl sites for hydroxylation is 1. The summed E-state index contributed by atoms with van der Waals surface area (Å²) >= 11 is 0. The average molecular weight is 420 g/mol. The van der Waals surface area contributed by atoms with Crippen molar-refractivity contribution in [1.29, 1.82) is 0 Å². The molecule has 8 heteroatoms. The summed E-state index contributed by atoms with van der Waals surface area (Å²) in [6.07, 6.45) is 6.67. The van der Waals surface area contributed by atoms with Gasteiger partial charge in [0.25, 0.3) is 5.78 Å². The minimum Gasteiger partial charge on any atom is -0.298 e. The Morgan fingerprint density at radius 3 is 2.74 bits per heavy atom. The van der Waals surface area contributed by atoms with Gasteiger partial charge < -0.3 is 0 Å². The molecular formula is C23H22F2N6. The van der Waals surface area contributed by atoms with E-state index in [4.69, 9.17) is 0 Å². The topological polar surface area (TPSA) is 59.2 Å². The fourth-order valence-electron chi connectivity index (χ4n) is 4.37. The van der Waals surface area contributed by atoms with Gasteiger partial charge in [-0.15, -0.1) is 0 Å². The summed E-state index contributed by atoms with van der Waals surface area (Å²) < 4.78 is 31.5. The van der Waals surface area contributed by atoms with Crippen LogP contribution in [0.1, 0.15) is 35.7 Å². The molecule has 0 aliphatic carbocycles. The molecule has 6 nitrogen and oxygen atoms in total. The lowest BCUT2D eigenvalue weighted by molar-refractivity contribution is 0.193. The van der Waals surface area contributed by atoms with Crippen molar-refractivity contribution in [2.45, 2.75) is 32.2 Å². The van der Waals surface area contributed by atoms with Crippen molar-refractivity contribution in [3.05, 3.63) is 77.6 Å². The summed E-state index contributed by atoms with van der Waals surface area (Å²) in [5.41, 5.74) is 3.21. The van der Waals surface area contributed by atoms with Gasteiger partial charge in [-0.05, 0) is 56.1 Å². The van der Waals surface area contributed by atoms with Gasteiger partial charge >= 0.3 is 0 Å². The quantitative estimate of drug-likeness (QED) is 0.496. The second-order valence-electron chi connectivity index (χ2n) is 8.03. The van der Waals surface area contributed by atoms with Gasteiger partial charge in [-0.2, -0.15) is 10.1 Å². The third-order valence-electron chi connectivity index (χ3n) is 5.85. The van der Waals surface area contributed by atoms with Gasteiger partial charge in [0, 0.05) is 48.2 Å². The second-order valence-corrected chi connectivity index (χ2v) is 8.03. The molecule has 0 N–H and O–H groups in total. The fraction of sp³-hybridized carbons (Fsp3) is 0.304. The second kappa shape index (κ2) is 8.11. The van der Waals surface area contributed by atoms with Crippen molar-refractivity contribution < 1.29 is 8.78 Å². The molecule has 0 amide bonds. The molecule has 1 saturated heterocycles. The minimum absolute atomic E-state index is 0.102. The van der Waals surface area contributed by atoms with E-state index in [9.17, 15) is 8.78 Å². The Balaban J connectivity index is 1.39. The van der Waals surface area contributed by atoms with E-state index in [2.05, 4.69) is 25.0 Å². The lowest BCUT2D eigenvalue weighted by atomic mass is 9.93. The maximum Gasteiger partial charge on any atom is 0.252 e. The van der Waals surface area contributed by atoms with Crippen LogP contribution >= 0.6 is 0 Å². The average Bonchev–Trinajstić information content (AvgIpc) is 3.25. The normalized spacial score (nSPS) is 17.3. The van der Waals surface area contributed by atoms with Crippen LogP contribution in [0.3, 0.4) is 0 Å². The van der Waals surface area contributed by atoms with E-state index in [0.717, 1.165) is 30.8 Å². The molecule has 4 heterocycles. The summed E-state index contributed by atoms with van der Waals surface area (Å²) in [7, 11) is 0. The van der Waals surface area contributed by atoms with Crippen molar-refractivity contribution in [1.82, 2.24) is 29.5 Å². The lowest BCUT2D eigenvalue weighted by Crippen LogP contribution is -2.35. The van der Waals surface area contributed by atoms with E-state index in [-0.39, 0.29) is 18.0 Å². The highest BCUT2D eigenvalue weighted by Crippen LogP contribution is 2.30. The molecule has 0 saturated carbocycles. The third-order valence-corrected chi connectivity index (χ3v) is 5.85. The van der Waals surface area contributed by atoms with Crippen LogP contribution in [0.2, 0.25) is 0 Å². The summed E-state index contributed by atoms with van der Waals surface area (Å²) in [6, 6.07) is 8.35. The zero-order chi connectivity index (χ0) is 21.4. The highest BCUT2D eigenvalue weighted by molar-refractivity contribution is 5.63. The number of aromatic nitrogens is 5. The number of pyridine rings is 1. The molecule has 0 radical (unpaired) electrons. The Labute approximate surface area is 178 Å². The number of fused-ring (bicyclic) bond motifs is 1. The van der Waals surface area contributed by atoms with E-state index in [0.29, 0.717) is 23.4 Å². The molecule has 1 fully saturated rings. The first-order valence-electron chi connectivity index (χ1n) is 10.4. The maximum atomic E-state index is 14.9. The van der Waals surface area contributed by atoms with E-state index < -0.39 is 11.6 Å². The molecule has 4 aromatic rings. The smallest absolute Gasteiger partial charge is 0.252 e. The Hall–Kier alpha value is -3.26. The predicted octanol–water partition coefficient (Wildman–Crippen LogP) is 4.15. The summed E-state index contributed by atoms with van der Waals surface area (Å²) in [5, 5.41) is 4.31. The number of likely N-dealkylation sites (tertiary alicyclic amines) is 1. The van der Waals surface area contributed by atoms with E-state index in [1.807, 2.05) is 13.0 Å². The Morgan fingerprint density at radius 2 is 1.97 bits per heavy atom. The number of nitrogens with zero attached hydrogens (tertiary/aromatic N) is 6. The number of hydrogen-bond acceptors (Lipinski definition) is 5. The Bertz CT molecular complexity index is 1200. The van der Waals surface area contributed by atoms with Gasteiger partial charge in [-0.25, -0.2) is 18.3 Å². The molecule has 1 aromatic carbocycles. The van der Waals surface area contributed by atoms with Crippen LogP contribution in [0, 0.1) is 18.6 Å². The van der Waals surface area contributed by atoms with Crippen LogP contribution in [-0.4, -0.2) is 42.6 Å². The van der Waals surface area contributed by atoms with Crippen LogP contribution in [-0.2, 0) is 6.54 Å². The fourth-order valence-corrected chi connectivity index (χ4v) is 4.37. The number of benzene rings is 1. The monoisotopic (exact) mass is 420 g/mol. The van der Waals surface area contributed by atoms with Crippen LogP contribution in [0.15, 0.2) is 49.1 Å². The van der Waals surface area contributed by atoms with Gasteiger partial charge in [0.05, 0.1) is 5.69 Å². The van der Waals surface area contributed by atoms with E-state index in [1.54, 1.807) is 29.0 Å². The zero-order valence-corrected chi connectivity index (χ0v) is 17.2. The number of rotatable bonds is 4. The maximum absolute atomic E-state index is 14.9. The number of halogens is 2. The molecule has 1 atom stereocenters. The molecule has 31 heavy (non-hydrogen) atoms. The van der Waals surface area contributed by atoms with Crippen molar-refractivity contribution in [2.24, 2.45) is 0 Å². The third kappa shape index (κ3) is 3.90. The molecule has 158 valence electrons. The number of hydrogen-bond donors (Lipinski definition) is 0. The van der Waals surface area contributed by atoms with Crippen molar-refractivity contribution in [3.8, 4) is 11.1 Å². The Kier molecular flexibility index (Phi) is 5.15. The van der Waals surface area contributed by atoms with Crippen molar-refractivity contribution >= 4 is 5.78 Å². The predicted molar refractivity (Wildman–Crippen MR) is 112 cm³/mol. The van der Waals surface area contributed by atoms with Gasteiger partial charge in [0.1, 0.15) is 18.0 Å². The first-order valence-corrected chi connectivity index (χ1v) is 10.4. The van der Waals surface area contributed by atoms with Gasteiger partial charge in [0.15, 0.2) is 0 Å². The van der Waals surface area contributed by atoms with Crippen LogP contribution < -0.4 is 0 Å². The van der Waals surface area contributed by atoms with E-state index in [1.165, 1.54) is 18.5 Å². The Morgan fingerprint density at radius 1 is 1.13 bits per heavy atom. The zero-order valence-electron chi connectivity index (χ0n) is 17.2. The van der Waals surface area contributed by atoms with Crippen molar-refractivity contribution in [3.63, 3.8) is 0 Å². The lowest BCUT2D eigenvalue weighted by Gasteiger charge is -2.33. The molecule has 0 bridgehead atoms. The van der Waals surface area contributed by atoms with Gasteiger partial charge in [0.2, 0.25) is 0 Å². The molecule has 3 aromatic heterocycles. The van der Waals surface area contributed by atoms with Gasteiger partial charge in [-0.3, -0.25) is 9.88 Å². The highest BCUT2D eigenvalue weighted by atomic mass is 19.1. The largest absolute Gasteiger partial charge is 0.298 e. The molecule has 0 spiro atoms. The molecular weight excluding hydrogens is 398 g/mol. The van der Waals surface area contributed by atoms with Crippen molar-refractivity contribution in [2.75, 3.05) is 13.1 Å². The summed E-state index contributed by atoms with van der Waals surface area (Å²) in [6.45, 7) is 3.66. The molecule has 5 rings (SSSR count). The minimum atomic E-state index is -0.528. The molecule has 1 aliphatic rings. The van der Waals surface area contributed by atoms with Crippen LogP contribution in [0.25, 0.3) is 16.9 Å².